The van der Waals surface area contributed by atoms with Gasteiger partial charge in [0, 0.05) is 0 Å². The monoisotopic (exact) mass is 311 g/mol. The van der Waals surface area contributed by atoms with Crippen LogP contribution in [0, 0.1) is 17.2 Å². The molecule has 0 fully saturated rings. The lowest BCUT2D eigenvalue weighted by atomic mass is 10.00. The van der Waals surface area contributed by atoms with E-state index >= 15 is 0 Å². The summed E-state index contributed by atoms with van der Waals surface area (Å²) in [5.74, 6) is 0.571. The molecule has 1 amide bonds. The van der Waals surface area contributed by atoms with Gasteiger partial charge in [0.05, 0.1) is 6.04 Å². The van der Waals surface area contributed by atoms with Crippen LogP contribution in [0.1, 0.15) is 43.8 Å². The van der Waals surface area contributed by atoms with Crippen molar-refractivity contribution in [3.63, 3.8) is 0 Å². The molecule has 6 heteroatoms. The van der Waals surface area contributed by atoms with Gasteiger partial charge in [-0.25, -0.2) is 0 Å². The Bertz CT molecular complexity index is 697. The predicted molar refractivity (Wildman–Crippen MR) is 86.3 cm³/mol. The van der Waals surface area contributed by atoms with Crippen LogP contribution in [-0.2, 0) is 17.8 Å². The van der Waals surface area contributed by atoms with Gasteiger partial charge in [0.1, 0.15) is 18.9 Å². The topological polar surface area (TPSA) is 83.6 Å². The fraction of sp³-hybridized carbons (Fsp3) is 0.412. The van der Waals surface area contributed by atoms with Crippen LogP contribution in [0.2, 0.25) is 0 Å². The molecule has 2 rings (SSSR count). The predicted octanol–water partition coefficient (Wildman–Crippen LogP) is 2.23. The molecule has 0 aliphatic rings. The normalized spacial score (nSPS) is 12.0. The highest BCUT2D eigenvalue weighted by Crippen LogP contribution is 2.15. The Morgan fingerprint density at radius 2 is 2.00 bits per heavy atom. The minimum Gasteiger partial charge on any atom is -0.348 e. The van der Waals surface area contributed by atoms with Gasteiger partial charge in [-0.2, -0.15) is 5.26 Å². The van der Waals surface area contributed by atoms with Crippen LogP contribution in [0.15, 0.2) is 30.6 Å². The standard InChI is InChI=1S/C17H21N5O/c1-12(2)8-14-4-6-15(7-5-14)13(3)20-17(23)10-22-11-19-21-16(22)9-18/h4-7,11-13H,8,10H2,1-3H3,(H,20,23)/t13-/m1/s1. The maximum absolute atomic E-state index is 12.1. The van der Waals surface area contributed by atoms with Gasteiger partial charge in [0.15, 0.2) is 0 Å². The first-order valence-corrected chi connectivity index (χ1v) is 7.65. The molecule has 0 aliphatic carbocycles. The van der Waals surface area contributed by atoms with E-state index in [4.69, 9.17) is 5.26 Å². The summed E-state index contributed by atoms with van der Waals surface area (Å²) in [5, 5.41) is 19.0. The molecule has 1 aromatic heterocycles. The van der Waals surface area contributed by atoms with Crippen LogP contribution >= 0.6 is 0 Å². The maximum Gasteiger partial charge on any atom is 0.240 e. The third kappa shape index (κ3) is 4.65. The zero-order chi connectivity index (χ0) is 16.8. The lowest BCUT2D eigenvalue weighted by Crippen LogP contribution is -2.30. The number of nitrogens with one attached hydrogen (secondary N) is 1. The third-order valence-electron chi connectivity index (χ3n) is 3.53. The molecule has 1 atom stereocenters. The Morgan fingerprint density at radius 3 is 2.61 bits per heavy atom. The zero-order valence-electron chi connectivity index (χ0n) is 13.7. The summed E-state index contributed by atoms with van der Waals surface area (Å²) in [6.45, 7) is 6.35. The van der Waals surface area contributed by atoms with E-state index < -0.39 is 0 Å². The van der Waals surface area contributed by atoms with E-state index in [1.54, 1.807) is 0 Å². The van der Waals surface area contributed by atoms with Crippen molar-refractivity contribution < 1.29 is 4.79 Å². The Kier molecular flexibility index (Phi) is 5.47. The molecular weight excluding hydrogens is 290 g/mol. The van der Waals surface area contributed by atoms with Crippen LogP contribution in [0.25, 0.3) is 0 Å². The van der Waals surface area contributed by atoms with Crippen LogP contribution in [0.5, 0.6) is 0 Å². The summed E-state index contributed by atoms with van der Waals surface area (Å²) >= 11 is 0. The van der Waals surface area contributed by atoms with Crippen molar-refractivity contribution >= 4 is 5.91 Å². The molecule has 0 saturated heterocycles. The average Bonchev–Trinajstić information content (AvgIpc) is 2.94. The molecule has 23 heavy (non-hydrogen) atoms. The number of carbonyl (C=O) groups excluding carboxylic acids is 1. The van der Waals surface area contributed by atoms with Crippen LogP contribution < -0.4 is 5.32 Å². The number of nitriles is 1. The Morgan fingerprint density at radius 1 is 1.30 bits per heavy atom. The van der Waals surface area contributed by atoms with Gasteiger partial charge < -0.3 is 5.32 Å². The summed E-state index contributed by atoms with van der Waals surface area (Å²) in [4.78, 5) is 12.1. The summed E-state index contributed by atoms with van der Waals surface area (Å²) < 4.78 is 1.42. The number of hydrogen-bond donors (Lipinski definition) is 1. The summed E-state index contributed by atoms with van der Waals surface area (Å²) in [6, 6.07) is 10.1. The minimum absolute atomic E-state index is 0.0334. The highest BCUT2D eigenvalue weighted by molar-refractivity contribution is 5.76. The Hall–Kier alpha value is -2.68. The second kappa shape index (κ2) is 7.54. The van der Waals surface area contributed by atoms with E-state index in [-0.39, 0.29) is 24.3 Å². The number of aromatic nitrogens is 3. The van der Waals surface area contributed by atoms with E-state index in [1.807, 2.05) is 25.1 Å². The van der Waals surface area contributed by atoms with Gasteiger partial charge >= 0.3 is 0 Å². The summed E-state index contributed by atoms with van der Waals surface area (Å²) in [6.07, 6.45) is 2.43. The number of carbonyl (C=O) groups is 1. The molecule has 120 valence electrons. The molecule has 2 aromatic rings. The van der Waals surface area contributed by atoms with Crippen molar-refractivity contribution in [2.45, 2.75) is 39.8 Å². The number of hydrogen-bond acceptors (Lipinski definition) is 4. The number of rotatable bonds is 6. The summed E-state index contributed by atoms with van der Waals surface area (Å²) in [5.41, 5.74) is 2.35. The largest absolute Gasteiger partial charge is 0.348 e. The first-order chi connectivity index (χ1) is 11.0. The fourth-order valence-corrected chi connectivity index (χ4v) is 2.40. The second-order valence-electron chi connectivity index (χ2n) is 6.02. The highest BCUT2D eigenvalue weighted by atomic mass is 16.2. The first kappa shape index (κ1) is 16.7. The zero-order valence-corrected chi connectivity index (χ0v) is 13.7. The Balaban J connectivity index is 1.94. The quantitative estimate of drug-likeness (QED) is 0.886. The molecule has 0 bridgehead atoms. The number of nitrogens with zero attached hydrogens (tertiary/aromatic N) is 4. The van der Waals surface area contributed by atoms with Gasteiger partial charge in [-0.15, -0.1) is 10.2 Å². The fourth-order valence-electron chi connectivity index (χ4n) is 2.40. The maximum atomic E-state index is 12.1. The van der Waals surface area contributed by atoms with Crippen molar-refractivity contribution in [2.75, 3.05) is 0 Å². The average molecular weight is 311 g/mol. The first-order valence-electron chi connectivity index (χ1n) is 7.65. The van der Waals surface area contributed by atoms with E-state index in [9.17, 15) is 4.79 Å². The van der Waals surface area contributed by atoms with Gasteiger partial charge in [0.2, 0.25) is 11.7 Å². The van der Waals surface area contributed by atoms with Crippen LogP contribution in [0.3, 0.4) is 0 Å². The molecule has 1 N–H and O–H groups in total. The molecule has 6 nitrogen and oxygen atoms in total. The van der Waals surface area contributed by atoms with Crippen molar-refractivity contribution in [1.29, 1.82) is 5.26 Å². The minimum atomic E-state index is -0.181. The van der Waals surface area contributed by atoms with Crippen molar-refractivity contribution in [2.24, 2.45) is 5.92 Å². The molecule has 0 saturated carbocycles. The SMILES string of the molecule is CC(C)Cc1ccc([C@@H](C)NC(=O)Cn2cnnc2C#N)cc1. The van der Waals surface area contributed by atoms with Gasteiger partial charge in [-0.3, -0.25) is 9.36 Å². The number of amides is 1. The number of benzene rings is 1. The third-order valence-corrected chi connectivity index (χ3v) is 3.53. The molecular formula is C17H21N5O. The molecule has 0 spiro atoms. The molecule has 0 unspecified atom stereocenters. The van der Waals surface area contributed by atoms with Crippen molar-refractivity contribution in [3.05, 3.63) is 47.5 Å². The van der Waals surface area contributed by atoms with E-state index in [2.05, 4.69) is 41.5 Å². The van der Waals surface area contributed by atoms with Gasteiger partial charge in [-0.1, -0.05) is 38.1 Å². The highest BCUT2D eigenvalue weighted by Gasteiger charge is 2.12. The van der Waals surface area contributed by atoms with Crippen molar-refractivity contribution in [1.82, 2.24) is 20.1 Å². The van der Waals surface area contributed by atoms with Gasteiger partial charge in [-0.05, 0) is 30.4 Å². The lowest BCUT2D eigenvalue weighted by Gasteiger charge is -2.15. The van der Waals surface area contributed by atoms with E-state index in [0.29, 0.717) is 5.92 Å². The van der Waals surface area contributed by atoms with Crippen LogP contribution in [0.4, 0.5) is 0 Å². The molecule has 1 heterocycles. The van der Waals surface area contributed by atoms with Crippen LogP contribution in [-0.4, -0.2) is 20.7 Å². The summed E-state index contributed by atoms with van der Waals surface area (Å²) in [7, 11) is 0. The second-order valence-corrected chi connectivity index (χ2v) is 6.02. The Labute approximate surface area is 136 Å². The van der Waals surface area contributed by atoms with Gasteiger partial charge in [0.25, 0.3) is 0 Å². The van der Waals surface area contributed by atoms with E-state index in [1.165, 1.54) is 16.5 Å². The smallest absolute Gasteiger partial charge is 0.240 e. The molecule has 1 aromatic carbocycles. The molecule has 0 aliphatic heterocycles. The lowest BCUT2D eigenvalue weighted by molar-refractivity contribution is -0.122. The van der Waals surface area contributed by atoms with E-state index in [0.717, 1.165) is 12.0 Å². The van der Waals surface area contributed by atoms with Crippen molar-refractivity contribution in [3.8, 4) is 6.07 Å². The molecule has 0 radical (unpaired) electrons.